The predicted octanol–water partition coefficient (Wildman–Crippen LogP) is 2.27. The van der Waals surface area contributed by atoms with Crippen molar-refractivity contribution in [3.05, 3.63) is 39.9 Å². The van der Waals surface area contributed by atoms with Gasteiger partial charge in [0.2, 0.25) is 5.91 Å². The third kappa shape index (κ3) is 2.92. The van der Waals surface area contributed by atoms with E-state index in [-0.39, 0.29) is 11.8 Å². The summed E-state index contributed by atoms with van der Waals surface area (Å²) in [5.74, 6) is -0.132. The van der Waals surface area contributed by atoms with Crippen molar-refractivity contribution in [1.82, 2.24) is 9.88 Å². The second-order valence-corrected chi connectivity index (χ2v) is 7.33. The van der Waals surface area contributed by atoms with Gasteiger partial charge in [-0.2, -0.15) is 0 Å². The van der Waals surface area contributed by atoms with Crippen LogP contribution in [0.15, 0.2) is 18.2 Å². The van der Waals surface area contributed by atoms with Gasteiger partial charge in [0.15, 0.2) is 5.13 Å². The van der Waals surface area contributed by atoms with E-state index in [2.05, 4.69) is 27.6 Å². The zero-order chi connectivity index (χ0) is 16.7. The Morgan fingerprint density at radius 2 is 2.21 bits per heavy atom. The van der Waals surface area contributed by atoms with Gasteiger partial charge in [0, 0.05) is 42.1 Å². The van der Waals surface area contributed by atoms with Gasteiger partial charge in [-0.1, -0.05) is 0 Å². The molecule has 0 bridgehead atoms. The minimum absolute atomic E-state index is 0.0260. The first-order valence-electron chi connectivity index (χ1n) is 8.00. The van der Waals surface area contributed by atoms with Gasteiger partial charge >= 0.3 is 0 Å². The Morgan fingerprint density at radius 3 is 3.08 bits per heavy atom. The maximum atomic E-state index is 12.5. The number of hydrogen-bond acceptors (Lipinski definition) is 5. The molecule has 6 nitrogen and oxygen atoms in total. The van der Waals surface area contributed by atoms with Crippen molar-refractivity contribution in [2.75, 3.05) is 24.2 Å². The Labute approximate surface area is 143 Å². The van der Waals surface area contributed by atoms with Gasteiger partial charge in [-0.3, -0.25) is 14.9 Å². The molecule has 0 radical (unpaired) electrons. The number of hydrogen-bond donors (Lipinski definition) is 2. The zero-order valence-electron chi connectivity index (χ0n) is 13.4. The first kappa shape index (κ1) is 15.3. The van der Waals surface area contributed by atoms with E-state index in [9.17, 15) is 9.59 Å². The minimum Gasteiger partial charge on any atom is -0.326 e. The van der Waals surface area contributed by atoms with Crippen LogP contribution in [0, 0.1) is 0 Å². The number of fused-ring (bicyclic) bond motifs is 2. The van der Waals surface area contributed by atoms with Crippen LogP contribution in [-0.4, -0.2) is 35.3 Å². The van der Waals surface area contributed by atoms with E-state index in [1.165, 1.54) is 4.88 Å². The van der Waals surface area contributed by atoms with Crippen molar-refractivity contribution in [2.24, 2.45) is 0 Å². The molecule has 2 aliphatic rings. The number of likely N-dealkylation sites (N-methyl/N-ethyl adjacent to an activating group) is 1. The van der Waals surface area contributed by atoms with Crippen molar-refractivity contribution in [3.63, 3.8) is 0 Å². The Morgan fingerprint density at radius 1 is 1.33 bits per heavy atom. The lowest BCUT2D eigenvalue weighted by Crippen LogP contribution is -2.25. The number of thiazole rings is 1. The summed E-state index contributed by atoms with van der Waals surface area (Å²) < 4.78 is 0. The number of carbonyl (C=O) groups excluding carboxylic acids is 2. The fourth-order valence-corrected chi connectivity index (χ4v) is 4.15. The van der Waals surface area contributed by atoms with Crippen molar-refractivity contribution < 1.29 is 9.59 Å². The van der Waals surface area contributed by atoms with Gasteiger partial charge in [0.1, 0.15) is 0 Å². The van der Waals surface area contributed by atoms with Crippen LogP contribution >= 0.6 is 11.3 Å². The zero-order valence-corrected chi connectivity index (χ0v) is 14.2. The Hall–Kier alpha value is -2.25. The highest BCUT2D eigenvalue weighted by molar-refractivity contribution is 7.15. The van der Waals surface area contributed by atoms with E-state index in [4.69, 9.17) is 0 Å². The smallest absolute Gasteiger partial charge is 0.257 e. The number of anilines is 2. The fourth-order valence-electron chi connectivity index (χ4n) is 3.07. The third-order valence-corrected chi connectivity index (χ3v) is 5.40. The van der Waals surface area contributed by atoms with E-state index in [1.54, 1.807) is 23.5 Å². The monoisotopic (exact) mass is 342 g/mol. The lowest BCUT2D eigenvalue weighted by Gasteiger charge is -2.20. The molecule has 0 atom stereocenters. The highest BCUT2D eigenvalue weighted by Crippen LogP contribution is 2.28. The van der Waals surface area contributed by atoms with E-state index >= 15 is 0 Å². The standard InChI is InChI=1S/C17H18N4O2S/c1-21-7-6-13-14(9-21)24-17(19-13)20-16(23)11-2-4-12-10(8-11)3-5-15(22)18-12/h2,4,8H,3,5-7,9H2,1H3,(H,18,22)(H,19,20,23). The van der Waals surface area contributed by atoms with Gasteiger partial charge < -0.3 is 10.2 Å². The second-order valence-electron chi connectivity index (χ2n) is 6.25. The number of rotatable bonds is 2. The summed E-state index contributed by atoms with van der Waals surface area (Å²) in [5.41, 5.74) is 3.50. The highest BCUT2D eigenvalue weighted by Gasteiger charge is 2.20. The second kappa shape index (κ2) is 5.99. The SMILES string of the molecule is CN1CCc2nc(NC(=O)c3ccc4c(c3)CCC(=O)N4)sc2C1. The number of amides is 2. The van der Waals surface area contributed by atoms with Crippen LogP contribution in [0.2, 0.25) is 0 Å². The van der Waals surface area contributed by atoms with Crippen molar-refractivity contribution >= 4 is 34.0 Å². The molecule has 0 aliphatic carbocycles. The molecule has 0 fully saturated rings. The fraction of sp³-hybridized carbons (Fsp3) is 0.353. The Kier molecular flexibility index (Phi) is 3.82. The number of aromatic nitrogens is 1. The molecular formula is C17H18N4O2S. The summed E-state index contributed by atoms with van der Waals surface area (Å²) in [7, 11) is 2.09. The lowest BCUT2D eigenvalue weighted by molar-refractivity contribution is -0.116. The van der Waals surface area contributed by atoms with Gasteiger partial charge in [0.25, 0.3) is 5.91 Å². The molecule has 7 heteroatoms. The van der Waals surface area contributed by atoms with E-state index in [0.29, 0.717) is 23.5 Å². The molecule has 0 unspecified atom stereocenters. The summed E-state index contributed by atoms with van der Waals surface area (Å²) in [6.45, 7) is 1.89. The normalized spacial score (nSPS) is 17.0. The van der Waals surface area contributed by atoms with Crippen molar-refractivity contribution in [3.8, 4) is 0 Å². The Balaban J connectivity index is 1.51. The van der Waals surface area contributed by atoms with Crippen molar-refractivity contribution in [1.29, 1.82) is 0 Å². The minimum atomic E-state index is -0.158. The first-order chi connectivity index (χ1) is 11.6. The number of nitrogens with zero attached hydrogens (tertiary/aromatic N) is 2. The van der Waals surface area contributed by atoms with E-state index in [0.717, 1.165) is 36.5 Å². The highest BCUT2D eigenvalue weighted by atomic mass is 32.1. The third-order valence-electron chi connectivity index (χ3n) is 4.41. The van der Waals surface area contributed by atoms with Gasteiger partial charge in [-0.15, -0.1) is 11.3 Å². The molecule has 0 spiro atoms. The van der Waals surface area contributed by atoms with Crippen LogP contribution in [0.4, 0.5) is 10.8 Å². The predicted molar refractivity (Wildman–Crippen MR) is 93.5 cm³/mol. The average Bonchev–Trinajstić information content (AvgIpc) is 2.95. The molecule has 1 aromatic carbocycles. The molecule has 2 aliphatic heterocycles. The van der Waals surface area contributed by atoms with Crippen LogP contribution in [-0.2, 0) is 24.2 Å². The van der Waals surface area contributed by atoms with Gasteiger partial charge in [-0.25, -0.2) is 4.98 Å². The summed E-state index contributed by atoms with van der Waals surface area (Å²) >= 11 is 1.55. The van der Waals surface area contributed by atoms with E-state index in [1.807, 2.05) is 6.07 Å². The lowest BCUT2D eigenvalue weighted by atomic mass is 10.0. The van der Waals surface area contributed by atoms with E-state index < -0.39 is 0 Å². The number of carbonyl (C=O) groups is 2. The van der Waals surface area contributed by atoms with Gasteiger partial charge in [0.05, 0.1) is 5.69 Å². The van der Waals surface area contributed by atoms with Crippen LogP contribution in [0.1, 0.15) is 32.9 Å². The Bertz CT molecular complexity index is 830. The average molecular weight is 342 g/mol. The molecule has 2 N–H and O–H groups in total. The molecule has 4 rings (SSSR count). The van der Waals surface area contributed by atoms with Crippen LogP contribution in [0.3, 0.4) is 0 Å². The van der Waals surface area contributed by atoms with Gasteiger partial charge in [-0.05, 0) is 37.2 Å². The summed E-state index contributed by atoms with van der Waals surface area (Å²) in [4.78, 5) is 31.9. The molecule has 124 valence electrons. The van der Waals surface area contributed by atoms with Crippen LogP contribution in [0.5, 0.6) is 0 Å². The largest absolute Gasteiger partial charge is 0.326 e. The maximum Gasteiger partial charge on any atom is 0.257 e. The maximum absolute atomic E-state index is 12.5. The molecule has 3 heterocycles. The number of nitrogens with one attached hydrogen (secondary N) is 2. The molecule has 0 saturated heterocycles. The number of aryl methyl sites for hydroxylation is 1. The van der Waals surface area contributed by atoms with Crippen LogP contribution < -0.4 is 10.6 Å². The topological polar surface area (TPSA) is 74.3 Å². The molecule has 0 saturated carbocycles. The molecular weight excluding hydrogens is 324 g/mol. The number of benzene rings is 1. The quantitative estimate of drug-likeness (QED) is 0.878. The molecule has 2 aromatic rings. The summed E-state index contributed by atoms with van der Waals surface area (Å²) in [6.07, 6.45) is 2.06. The molecule has 24 heavy (non-hydrogen) atoms. The van der Waals surface area contributed by atoms with Crippen LogP contribution in [0.25, 0.3) is 0 Å². The van der Waals surface area contributed by atoms with Crippen molar-refractivity contribution in [2.45, 2.75) is 25.8 Å². The summed E-state index contributed by atoms with van der Waals surface area (Å²) in [5, 5.41) is 6.39. The summed E-state index contributed by atoms with van der Waals surface area (Å²) in [6, 6.07) is 5.38. The molecule has 2 amide bonds. The molecule has 1 aromatic heterocycles. The first-order valence-corrected chi connectivity index (χ1v) is 8.81.